The van der Waals surface area contributed by atoms with Gasteiger partial charge in [-0.1, -0.05) is 12.1 Å². The molecule has 0 aliphatic carbocycles. The molecule has 5 nitrogen and oxygen atoms in total. The monoisotopic (exact) mass is 324 g/mol. The summed E-state index contributed by atoms with van der Waals surface area (Å²) in [4.78, 5) is 12.9. The van der Waals surface area contributed by atoms with Crippen LogP contribution in [-0.2, 0) is 10.0 Å². The highest BCUT2D eigenvalue weighted by Gasteiger charge is 2.15. The topological polar surface area (TPSA) is 89.3 Å². The molecule has 0 radical (unpaired) electrons. The molecule has 1 heterocycles. The number of thiophene rings is 1. The summed E-state index contributed by atoms with van der Waals surface area (Å²) < 4.78 is 22.4. The van der Waals surface area contributed by atoms with Crippen molar-refractivity contribution in [2.75, 3.05) is 0 Å². The molecular formula is C14H16N2O3S2. The fourth-order valence-electron chi connectivity index (χ4n) is 1.90. The molecule has 2 aromatic rings. The number of sulfonamides is 1. The second-order valence-corrected chi connectivity index (χ2v) is 7.22. The van der Waals surface area contributed by atoms with Crippen LogP contribution in [-0.4, -0.2) is 14.3 Å². The summed E-state index contributed by atoms with van der Waals surface area (Å²) in [6, 6.07) is 7.82. The zero-order chi connectivity index (χ0) is 15.6. The van der Waals surface area contributed by atoms with Crippen molar-refractivity contribution in [3.63, 3.8) is 0 Å². The Labute approximate surface area is 127 Å². The Morgan fingerprint density at radius 1 is 1.24 bits per heavy atom. The summed E-state index contributed by atoms with van der Waals surface area (Å²) in [5, 5.41) is 9.81. The van der Waals surface area contributed by atoms with E-state index in [0.29, 0.717) is 4.88 Å². The van der Waals surface area contributed by atoms with Gasteiger partial charge in [0.25, 0.3) is 5.91 Å². The Bertz CT molecular complexity index is 749. The van der Waals surface area contributed by atoms with Crippen LogP contribution in [0.25, 0.3) is 0 Å². The van der Waals surface area contributed by atoms with Crippen molar-refractivity contribution in [3.05, 3.63) is 51.7 Å². The van der Waals surface area contributed by atoms with E-state index in [1.807, 2.05) is 25.3 Å². The van der Waals surface area contributed by atoms with E-state index in [0.717, 1.165) is 11.1 Å². The number of aryl methyl sites for hydroxylation is 1. The first-order valence-corrected chi connectivity index (χ1v) is 8.69. The summed E-state index contributed by atoms with van der Waals surface area (Å²) in [5.74, 6) is -0.134. The number of hydrogen-bond acceptors (Lipinski definition) is 4. The van der Waals surface area contributed by atoms with Gasteiger partial charge in [0.2, 0.25) is 10.0 Å². The number of rotatable bonds is 4. The highest BCUT2D eigenvalue weighted by molar-refractivity contribution is 7.89. The maximum absolute atomic E-state index is 12.1. The van der Waals surface area contributed by atoms with Gasteiger partial charge in [-0.2, -0.15) is 0 Å². The van der Waals surface area contributed by atoms with Gasteiger partial charge in [0.1, 0.15) is 0 Å². The van der Waals surface area contributed by atoms with Crippen LogP contribution in [0.5, 0.6) is 0 Å². The van der Waals surface area contributed by atoms with Gasteiger partial charge >= 0.3 is 0 Å². The predicted octanol–water partition coefficient (Wildman–Crippen LogP) is 2.19. The second-order valence-electron chi connectivity index (χ2n) is 4.74. The lowest BCUT2D eigenvalue weighted by Crippen LogP contribution is -2.26. The molecule has 0 fully saturated rings. The van der Waals surface area contributed by atoms with Crippen molar-refractivity contribution in [2.45, 2.75) is 24.8 Å². The van der Waals surface area contributed by atoms with Crippen LogP contribution in [0.3, 0.4) is 0 Å². The molecule has 0 unspecified atom stereocenters. The summed E-state index contributed by atoms with van der Waals surface area (Å²) in [6.07, 6.45) is 0. The molecule has 1 amide bonds. The number of nitrogens with one attached hydrogen (secondary N) is 1. The third-order valence-corrected chi connectivity index (χ3v) is 5.07. The molecule has 0 bridgehead atoms. The molecule has 112 valence electrons. The van der Waals surface area contributed by atoms with Gasteiger partial charge in [-0.15, -0.1) is 11.3 Å². The van der Waals surface area contributed by atoms with E-state index in [4.69, 9.17) is 5.14 Å². The highest BCUT2D eigenvalue weighted by Crippen LogP contribution is 2.19. The van der Waals surface area contributed by atoms with Crippen LogP contribution in [0.1, 0.15) is 33.8 Å². The van der Waals surface area contributed by atoms with Crippen LogP contribution in [0, 0.1) is 6.92 Å². The molecule has 1 aromatic heterocycles. The van der Waals surface area contributed by atoms with Crippen LogP contribution in [0.2, 0.25) is 0 Å². The Hall–Kier alpha value is -1.70. The summed E-state index contributed by atoms with van der Waals surface area (Å²) in [7, 11) is -3.70. The molecule has 7 heteroatoms. The summed E-state index contributed by atoms with van der Waals surface area (Å²) >= 11 is 1.39. The van der Waals surface area contributed by atoms with Gasteiger partial charge in [-0.3, -0.25) is 4.79 Å². The highest BCUT2D eigenvalue weighted by atomic mass is 32.2. The van der Waals surface area contributed by atoms with E-state index in [1.165, 1.54) is 23.5 Å². The third-order valence-electron chi connectivity index (χ3n) is 3.12. The molecule has 0 saturated heterocycles. The molecule has 2 rings (SSSR count). The Kier molecular flexibility index (Phi) is 4.46. The van der Waals surface area contributed by atoms with Gasteiger partial charge in [0, 0.05) is 0 Å². The van der Waals surface area contributed by atoms with Crippen molar-refractivity contribution in [1.29, 1.82) is 0 Å². The third kappa shape index (κ3) is 3.69. The number of carbonyl (C=O) groups excluding carboxylic acids is 1. The van der Waals surface area contributed by atoms with Crippen LogP contribution >= 0.6 is 11.3 Å². The van der Waals surface area contributed by atoms with E-state index in [1.54, 1.807) is 12.1 Å². The van der Waals surface area contributed by atoms with Crippen molar-refractivity contribution >= 4 is 27.3 Å². The van der Waals surface area contributed by atoms with Crippen molar-refractivity contribution in [3.8, 4) is 0 Å². The standard InChI is InChI=1S/C14H16N2O3S2/c1-9-7-8-20-13(9)14(17)16-10(2)11-3-5-12(6-4-11)21(15,18)19/h3-8,10H,1-2H3,(H,16,17)(H2,15,18,19)/t10-/m1/s1. The molecule has 0 spiro atoms. The van der Waals surface area contributed by atoms with Crippen LogP contribution in [0.4, 0.5) is 0 Å². The number of benzene rings is 1. The number of hydrogen-bond donors (Lipinski definition) is 2. The molecule has 0 aliphatic heterocycles. The minimum absolute atomic E-state index is 0.0545. The zero-order valence-electron chi connectivity index (χ0n) is 11.7. The normalized spacial score (nSPS) is 12.9. The van der Waals surface area contributed by atoms with E-state index in [-0.39, 0.29) is 16.8 Å². The number of carbonyl (C=O) groups is 1. The molecule has 1 atom stereocenters. The SMILES string of the molecule is Cc1ccsc1C(=O)N[C@H](C)c1ccc(S(N)(=O)=O)cc1. The lowest BCUT2D eigenvalue weighted by molar-refractivity contribution is 0.0943. The van der Waals surface area contributed by atoms with E-state index >= 15 is 0 Å². The molecule has 3 N–H and O–H groups in total. The first-order chi connectivity index (χ1) is 9.79. The first kappa shape index (κ1) is 15.7. The maximum Gasteiger partial charge on any atom is 0.262 e. The van der Waals surface area contributed by atoms with Gasteiger partial charge in [0.05, 0.1) is 15.8 Å². The zero-order valence-corrected chi connectivity index (χ0v) is 13.3. The largest absolute Gasteiger partial charge is 0.345 e. The first-order valence-electron chi connectivity index (χ1n) is 6.27. The van der Waals surface area contributed by atoms with Gasteiger partial charge in [-0.05, 0) is 48.6 Å². The van der Waals surface area contributed by atoms with Gasteiger partial charge in [0.15, 0.2) is 0 Å². The van der Waals surface area contributed by atoms with E-state index in [2.05, 4.69) is 5.32 Å². The minimum atomic E-state index is -3.70. The Morgan fingerprint density at radius 2 is 1.86 bits per heavy atom. The fourth-order valence-corrected chi connectivity index (χ4v) is 3.24. The second kappa shape index (κ2) is 5.97. The molecular weight excluding hydrogens is 308 g/mol. The van der Waals surface area contributed by atoms with E-state index < -0.39 is 10.0 Å². The number of primary sulfonamides is 1. The lowest BCUT2D eigenvalue weighted by Gasteiger charge is -2.14. The maximum atomic E-state index is 12.1. The Morgan fingerprint density at radius 3 is 2.33 bits per heavy atom. The van der Waals surface area contributed by atoms with Crippen LogP contribution < -0.4 is 10.5 Å². The minimum Gasteiger partial charge on any atom is -0.345 e. The van der Waals surface area contributed by atoms with Gasteiger partial charge < -0.3 is 5.32 Å². The van der Waals surface area contributed by atoms with Crippen molar-refractivity contribution in [1.82, 2.24) is 5.32 Å². The number of amides is 1. The lowest BCUT2D eigenvalue weighted by atomic mass is 10.1. The number of nitrogens with two attached hydrogens (primary N) is 1. The van der Waals surface area contributed by atoms with Crippen LogP contribution in [0.15, 0.2) is 40.6 Å². The molecule has 21 heavy (non-hydrogen) atoms. The Balaban J connectivity index is 2.12. The smallest absolute Gasteiger partial charge is 0.262 e. The fraction of sp³-hybridized carbons (Fsp3) is 0.214. The van der Waals surface area contributed by atoms with Gasteiger partial charge in [-0.25, -0.2) is 13.6 Å². The predicted molar refractivity (Wildman–Crippen MR) is 82.8 cm³/mol. The molecule has 0 aliphatic rings. The molecule has 1 aromatic carbocycles. The van der Waals surface area contributed by atoms with Crippen molar-refractivity contribution in [2.24, 2.45) is 5.14 Å². The quantitative estimate of drug-likeness (QED) is 0.903. The average molecular weight is 324 g/mol. The van der Waals surface area contributed by atoms with Crippen molar-refractivity contribution < 1.29 is 13.2 Å². The molecule has 0 saturated carbocycles. The average Bonchev–Trinajstić information content (AvgIpc) is 2.84. The summed E-state index contributed by atoms with van der Waals surface area (Å²) in [6.45, 7) is 3.73. The van der Waals surface area contributed by atoms with E-state index in [9.17, 15) is 13.2 Å². The summed E-state index contributed by atoms with van der Waals surface area (Å²) in [5.41, 5.74) is 1.75.